The Balaban J connectivity index is 1.37. The van der Waals surface area contributed by atoms with Gasteiger partial charge in [-0.15, -0.1) is 5.10 Å². The zero-order valence-electron chi connectivity index (χ0n) is 13.0. The molecule has 0 radical (unpaired) electrons. The largest absolute Gasteiger partial charge is 0.460 e. The number of benzene rings is 1. The van der Waals surface area contributed by atoms with E-state index in [2.05, 4.69) is 32.5 Å². The number of hydrogen-bond acceptors (Lipinski definition) is 5. The second kappa shape index (κ2) is 6.38. The first-order chi connectivity index (χ1) is 11.4. The first-order valence-corrected chi connectivity index (χ1v) is 8.13. The van der Waals surface area contributed by atoms with Gasteiger partial charge in [-0.3, -0.25) is 0 Å². The van der Waals surface area contributed by atoms with Crippen molar-refractivity contribution in [2.24, 2.45) is 0 Å². The number of rotatable bonds is 5. The molecule has 1 atom stereocenters. The summed E-state index contributed by atoms with van der Waals surface area (Å²) in [5, 5.41) is 12.9. The molecule has 0 saturated carbocycles. The summed E-state index contributed by atoms with van der Waals surface area (Å²) in [4.78, 5) is 2.35. The summed E-state index contributed by atoms with van der Waals surface area (Å²) in [5.74, 6) is 1.95. The zero-order valence-corrected chi connectivity index (χ0v) is 13.0. The quantitative estimate of drug-likeness (QED) is 0.785. The molecule has 0 bridgehead atoms. The van der Waals surface area contributed by atoms with E-state index in [9.17, 15) is 0 Å². The Kier molecular flexibility index (Phi) is 3.94. The minimum Gasteiger partial charge on any atom is -0.460 e. The molecule has 3 aromatic rings. The summed E-state index contributed by atoms with van der Waals surface area (Å²) in [5.41, 5.74) is 0.950. The fourth-order valence-electron chi connectivity index (χ4n) is 3.28. The predicted molar refractivity (Wildman–Crippen MR) is 90.3 cm³/mol. The van der Waals surface area contributed by atoms with Gasteiger partial charge in [0, 0.05) is 30.7 Å². The lowest BCUT2D eigenvalue weighted by molar-refractivity contribution is 0.494. The Bertz CT molecular complexity index is 738. The Labute approximate surface area is 135 Å². The molecule has 1 aromatic carbocycles. The van der Waals surface area contributed by atoms with Crippen LogP contribution in [0.4, 0.5) is 5.82 Å². The average molecular weight is 308 g/mol. The van der Waals surface area contributed by atoms with Crippen molar-refractivity contribution >= 4 is 16.8 Å². The lowest BCUT2D eigenvalue weighted by atomic mass is 10.2. The highest BCUT2D eigenvalue weighted by Gasteiger charge is 2.25. The topological polar surface area (TPSA) is 54.2 Å². The molecule has 5 nitrogen and oxygen atoms in total. The van der Waals surface area contributed by atoms with Crippen molar-refractivity contribution in [2.45, 2.75) is 25.4 Å². The number of furan rings is 1. The molecule has 1 N–H and O–H groups in total. The van der Waals surface area contributed by atoms with Crippen LogP contribution in [0, 0.1) is 0 Å². The third kappa shape index (κ3) is 3.05. The van der Waals surface area contributed by atoms with Crippen LogP contribution in [0.3, 0.4) is 0 Å². The lowest BCUT2D eigenvalue weighted by Gasteiger charge is -2.25. The van der Waals surface area contributed by atoms with Crippen molar-refractivity contribution in [3.05, 3.63) is 54.4 Å². The molecule has 4 rings (SSSR count). The minimum atomic E-state index is 0.469. The van der Waals surface area contributed by atoms with Crippen molar-refractivity contribution in [3.8, 4) is 0 Å². The fourth-order valence-corrected chi connectivity index (χ4v) is 3.28. The molecule has 1 saturated heterocycles. The maximum Gasteiger partial charge on any atom is 0.151 e. The van der Waals surface area contributed by atoms with E-state index in [1.165, 1.54) is 12.8 Å². The monoisotopic (exact) mass is 308 g/mol. The highest BCUT2D eigenvalue weighted by Crippen LogP contribution is 2.23. The van der Waals surface area contributed by atoms with E-state index in [4.69, 9.17) is 4.42 Å². The summed E-state index contributed by atoms with van der Waals surface area (Å²) in [6.45, 7) is 2.72. The highest BCUT2D eigenvalue weighted by atomic mass is 16.3. The van der Waals surface area contributed by atoms with Crippen LogP contribution >= 0.6 is 0 Å². The summed E-state index contributed by atoms with van der Waals surface area (Å²) >= 11 is 0. The van der Waals surface area contributed by atoms with E-state index < -0.39 is 0 Å². The first-order valence-electron chi connectivity index (χ1n) is 8.13. The standard InChI is InChI=1S/C18H20N4O/c1-2-7-17-14(5-1)11-16(23-17)13-19-12-15-6-4-10-22(15)18-8-3-9-20-21-18/h1-3,5,7-9,11,15,19H,4,6,10,12-13H2/t15-/m1/s1. The van der Waals surface area contributed by atoms with E-state index in [0.29, 0.717) is 6.04 Å². The molecule has 1 aliphatic heterocycles. The van der Waals surface area contributed by atoms with Crippen LogP contribution in [0.15, 0.2) is 53.1 Å². The highest BCUT2D eigenvalue weighted by molar-refractivity contribution is 5.77. The average Bonchev–Trinajstić information content (AvgIpc) is 3.22. The maximum atomic E-state index is 5.85. The summed E-state index contributed by atoms with van der Waals surface area (Å²) < 4.78 is 5.85. The molecule has 0 amide bonds. The summed E-state index contributed by atoms with van der Waals surface area (Å²) in [6, 6.07) is 14.7. The van der Waals surface area contributed by atoms with Gasteiger partial charge in [0.2, 0.25) is 0 Å². The summed E-state index contributed by atoms with van der Waals surface area (Å²) in [7, 11) is 0. The molecule has 2 aromatic heterocycles. The van der Waals surface area contributed by atoms with Gasteiger partial charge in [0.1, 0.15) is 11.3 Å². The van der Waals surface area contributed by atoms with Gasteiger partial charge in [0.15, 0.2) is 5.82 Å². The Morgan fingerprint density at radius 1 is 1.22 bits per heavy atom. The predicted octanol–water partition coefficient (Wildman–Crippen LogP) is 2.98. The van der Waals surface area contributed by atoms with Crippen LogP contribution in [0.1, 0.15) is 18.6 Å². The van der Waals surface area contributed by atoms with Crippen molar-refractivity contribution in [1.29, 1.82) is 0 Å². The number of aromatic nitrogens is 2. The normalized spacial score (nSPS) is 17.9. The van der Waals surface area contributed by atoms with Crippen LogP contribution in [-0.2, 0) is 6.54 Å². The molecule has 5 heteroatoms. The van der Waals surface area contributed by atoms with E-state index in [0.717, 1.165) is 42.2 Å². The van der Waals surface area contributed by atoms with E-state index in [-0.39, 0.29) is 0 Å². The van der Waals surface area contributed by atoms with Crippen molar-refractivity contribution in [3.63, 3.8) is 0 Å². The fraction of sp³-hybridized carbons (Fsp3) is 0.333. The van der Waals surface area contributed by atoms with E-state index >= 15 is 0 Å². The Morgan fingerprint density at radius 3 is 3.04 bits per heavy atom. The molecule has 1 fully saturated rings. The zero-order chi connectivity index (χ0) is 15.5. The Hall–Kier alpha value is -2.40. The van der Waals surface area contributed by atoms with Gasteiger partial charge in [-0.2, -0.15) is 5.10 Å². The maximum absolute atomic E-state index is 5.85. The van der Waals surface area contributed by atoms with Crippen molar-refractivity contribution in [1.82, 2.24) is 15.5 Å². The summed E-state index contributed by atoms with van der Waals surface area (Å²) in [6.07, 6.45) is 4.10. The third-order valence-corrected chi connectivity index (χ3v) is 4.39. The molecule has 1 aliphatic rings. The van der Waals surface area contributed by atoms with Gasteiger partial charge in [-0.25, -0.2) is 0 Å². The van der Waals surface area contributed by atoms with Crippen molar-refractivity contribution < 1.29 is 4.42 Å². The van der Waals surface area contributed by atoms with Gasteiger partial charge >= 0.3 is 0 Å². The molecular weight excluding hydrogens is 288 g/mol. The number of para-hydroxylation sites is 1. The first kappa shape index (κ1) is 14.2. The number of anilines is 1. The van der Waals surface area contributed by atoms with Gasteiger partial charge in [0.05, 0.1) is 6.54 Å². The molecule has 3 heterocycles. The Morgan fingerprint density at radius 2 is 2.17 bits per heavy atom. The number of hydrogen-bond donors (Lipinski definition) is 1. The lowest BCUT2D eigenvalue weighted by Crippen LogP contribution is -2.38. The van der Waals surface area contributed by atoms with Crippen LogP contribution < -0.4 is 10.2 Å². The number of nitrogens with zero attached hydrogens (tertiary/aromatic N) is 3. The number of fused-ring (bicyclic) bond motifs is 1. The molecule has 0 spiro atoms. The van der Waals surface area contributed by atoms with Gasteiger partial charge in [-0.1, -0.05) is 18.2 Å². The minimum absolute atomic E-state index is 0.469. The smallest absolute Gasteiger partial charge is 0.151 e. The molecule has 0 aliphatic carbocycles. The van der Waals surface area contributed by atoms with Crippen LogP contribution in [0.5, 0.6) is 0 Å². The second-order valence-corrected chi connectivity index (χ2v) is 5.95. The van der Waals surface area contributed by atoms with Crippen LogP contribution in [0.2, 0.25) is 0 Å². The van der Waals surface area contributed by atoms with Gasteiger partial charge in [0.25, 0.3) is 0 Å². The van der Waals surface area contributed by atoms with E-state index in [1.54, 1.807) is 6.20 Å². The SMILES string of the molecule is c1cnnc(N2CCC[C@@H]2CNCc2cc3ccccc3o2)c1. The third-order valence-electron chi connectivity index (χ3n) is 4.39. The van der Waals surface area contributed by atoms with Crippen LogP contribution in [-0.4, -0.2) is 29.3 Å². The van der Waals surface area contributed by atoms with E-state index in [1.807, 2.05) is 30.3 Å². The second-order valence-electron chi connectivity index (χ2n) is 5.95. The molecule has 0 unspecified atom stereocenters. The molecule has 23 heavy (non-hydrogen) atoms. The van der Waals surface area contributed by atoms with Gasteiger partial charge in [-0.05, 0) is 37.1 Å². The molecular formula is C18H20N4O. The molecule has 118 valence electrons. The van der Waals surface area contributed by atoms with Gasteiger partial charge < -0.3 is 14.6 Å². The number of nitrogens with one attached hydrogen (secondary N) is 1. The van der Waals surface area contributed by atoms with Crippen molar-refractivity contribution in [2.75, 3.05) is 18.0 Å². The van der Waals surface area contributed by atoms with Crippen LogP contribution in [0.25, 0.3) is 11.0 Å².